The van der Waals surface area contributed by atoms with Gasteiger partial charge in [-0.15, -0.1) is 0 Å². The summed E-state index contributed by atoms with van der Waals surface area (Å²) in [6.07, 6.45) is 0. The first-order chi connectivity index (χ1) is 11.5. The fraction of sp³-hybridized carbons (Fsp3) is 0.263. The lowest BCUT2D eigenvalue weighted by molar-refractivity contribution is -0.129. The van der Waals surface area contributed by atoms with E-state index in [1.165, 1.54) is 7.11 Å². The Bertz CT molecular complexity index is 728. The van der Waals surface area contributed by atoms with Gasteiger partial charge in [0.15, 0.2) is 0 Å². The van der Waals surface area contributed by atoms with Gasteiger partial charge in [0.1, 0.15) is 5.75 Å². The van der Waals surface area contributed by atoms with E-state index in [0.29, 0.717) is 30.1 Å². The van der Waals surface area contributed by atoms with Crippen LogP contribution in [0.2, 0.25) is 0 Å². The van der Waals surface area contributed by atoms with Gasteiger partial charge in [0, 0.05) is 25.7 Å². The molecule has 1 N–H and O–H groups in total. The molecule has 0 unspecified atom stereocenters. The Labute approximate surface area is 142 Å². The zero-order chi connectivity index (χ0) is 17.5. The van der Waals surface area contributed by atoms with Crippen LogP contribution in [0.25, 0.3) is 0 Å². The van der Waals surface area contributed by atoms with Crippen molar-refractivity contribution in [3.63, 3.8) is 0 Å². The molecule has 0 fully saturated rings. The largest absolute Gasteiger partial charge is 0.496 e. The van der Waals surface area contributed by atoms with Gasteiger partial charge in [-0.3, -0.25) is 9.59 Å². The standard InChI is InChI=1S/C19H22N2O3/c1-4-21(14(2)22)13-15-8-7-9-16(12-15)20-19(23)17-10-5-6-11-18(17)24-3/h5-12H,4,13H2,1-3H3,(H,20,23). The summed E-state index contributed by atoms with van der Waals surface area (Å²) in [6, 6.07) is 14.6. The quantitative estimate of drug-likeness (QED) is 0.886. The van der Waals surface area contributed by atoms with Crippen molar-refractivity contribution in [3.05, 3.63) is 59.7 Å². The van der Waals surface area contributed by atoms with Crippen molar-refractivity contribution in [2.45, 2.75) is 20.4 Å². The topological polar surface area (TPSA) is 58.6 Å². The highest BCUT2D eigenvalue weighted by atomic mass is 16.5. The molecule has 0 saturated heterocycles. The summed E-state index contributed by atoms with van der Waals surface area (Å²) >= 11 is 0. The van der Waals surface area contributed by atoms with Crippen molar-refractivity contribution >= 4 is 17.5 Å². The molecule has 0 heterocycles. The van der Waals surface area contributed by atoms with Gasteiger partial charge in [-0.2, -0.15) is 0 Å². The molecule has 0 atom stereocenters. The van der Waals surface area contributed by atoms with Gasteiger partial charge in [-0.1, -0.05) is 24.3 Å². The SMILES string of the molecule is CCN(Cc1cccc(NC(=O)c2ccccc2OC)c1)C(C)=O. The van der Waals surface area contributed by atoms with Crippen LogP contribution < -0.4 is 10.1 Å². The van der Waals surface area contributed by atoms with Crippen LogP contribution in [-0.2, 0) is 11.3 Å². The van der Waals surface area contributed by atoms with Gasteiger partial charge < -0.3 is 15.0 Å². The minimum Gasteiger partial charge on any atom is -0.496 e. The fourth-order valence-corrected chi connectivity index (χ4v) is 2.44. The van der Waals surface area contributed by atoms with Crippen molar-refractivity contribution in [2.75, 3.05) is 19.0 Å². The highest BCUT2D eigenvalue weighted by Gasteiger charge is 2.12. The number of rotatable bonds is 6. The Morgan fingerprint density at radius 3 is 2.54 bits per heavy atom. The maximum atomic E-state index is 12.4. The summed E-state index contributed by atoms with van der Waals surface area (Å²) in [4.78, 5) is 25.7. The zero-order valence-electron chi connectivity index (χ0n) is 14.2. The summed E-state index contributed by atoms with van der Waals surface area (Å²) in [7, 11) is 1.54. The molecule has 0 aliphatic carbocycles. The van der Waals surface area contributed by atoms with Gasteiger partial charge in [0.05, 0.1) is 12.7 Å². The molecule has 0 saturated carbocycles. The Morgan fingerprint density at radius 1 is 1.12 bits per heavy atom. The number of hydrogen-bond acceptors (Lipinski definition) is 3. The molecule has 0 aromatic heterocycles. The second-order valence-electron chi connectivity index (χ2n) is 5.39. The number of nitrogens with zero attached hydrogens (tertiary/aromatic N) is 1. The molecule has 0 aliphatic rings. The first-order valence-corrected chi connectivity index (χ1v) is 7.84. The van der Waals surface area contributed by atoms with Crippen LogP contribution in [0.3, 0.4) is 0 Å². The van der Waals surface area contributed by atoms with Gasteiger partial charge >= 0.3 is 0 Å². The van der Waals surface area contributed by atoms with Crippen molar-refractivity contribution < 1.29 is 14.3 Å². The van der Waals surface area contributed by atoms with Crippen LogP contribution in [0.1, 0.15) is 29.8 Å². The molecule has 0 aliphatic heterocycles. The average Bonchev–Trinajstić information content (AvgIpc) is 2.59. The van der Waals surface area contributed by atoms with E-state index < -0.39 is 0 Å². The number of nitrogens with one attached hydrogen (secondary N) is 1. The molecule has 126 valence electrons. The van der Waals surface area contributed by atoms with Gasteiger partial charge in [0.2, 0.25) is 5.91 Å². The summed E-state index contributed by atoms with van der Waals surface area (Å²) in [6.45, 7) is 4.66. The van der Waals surface area contributed by atoms with Crippen molar-refractivity contribution in [2.24, 2.45) is 0 Å². The zero-order valence-corrected chi connectivity index (χ0v) is 14.2. The second kappa shape index (κ2) is 8.15. The molecule has 2 amide bonds. The molecule has 2 aromatic carbocycles. The van der Waals surface area contributed by atoms with Crippen LogP contribution in [0, 0.1) is 0 Å². The third kappa shape index (κ3) is 4.35. The number of carbonyl (C=O) groups excluding carboxylic acids is 2. The Balaban J connectivity index is 2.14. The van der Waals surface area contributed by atoms with Gasteiger partial charge in [0.25, 0.3) is 5.91 Å². The summed E-state index contributed by atoms with van der Waals surface area (Å²) < 4.78 is 5.22. The van der Waals surface area contributed by atoms with E-state index in [2.05, 4.69) is 5.32 Å². The van der Waals surface area contributed by atoms with E-state index in [0.717, 1.165) is 5.56 Å². The van der Waals surface area contributed by atoms with E-state index >= 15 is 0 Å². The smallest absolute Gasteiger partial charge is 0.259 e. The van der Waals surface area contributed by atoms with E-state index in [-0.39, 0.29) is 11.8 Å². The normalized spacial score (nSPS) is 10.1. The maximum absolute atomic E-state index is 12.4. The molecule has 2 aromatic rings. The van der Waals surface area contributed by atoms with E-state index in [1.807, 2.05) is 37.3 Å². The highest BCUT2D eigenvalue weighted by Crippen LogP contribution is 2.20. The van der Waals surface area contributed by atoms with Crippen LogP contribution in [0.4, 0.5) is 5.69 Å². The van der Waals surface area contributed by atoms with E-state index in [9.17, 15) is 9.59 Å². The summed E-state index contributed by atoms with van der Waals surface area (Å²) in [5.41, 5.74) is 2.12. The molecule has 0 radical (unpaired) electrons. The first-order valence-electron chi connectivity index (χ1n) is 7.84. The third-order valence-corrected chi connectivity index (χ3v) is 3.74. The monoisotopic (exact) mass is 326 g/mol. The fourth-order valence-electron chi connectivity index (χ4n) is 2.44. The number of carbonyl (C=O) groups is 2. The predicted octanol–water partition coefficient (Wildman–Crippen LogP) is 3.32. The molecule has 24 heavy (non-hydrogen) atoms. The first kappa shape index (κ1) is 17.5. The minimum atomic E-state index is -0.233. The average molecular weight is 326 g/mol. The van der Waals surface area contributed by atoms with Gasteiger partial charge in [-0.05, 0) is 36.8 Å². The van der Waals surface area contributed by atoms with Crippen LogP contribution in [0.15, 0.2) is 48.5 Å². The molecular weight excluding hydrogens is 304 g/mol. The summed E-state index contributed by atoms with van der Waals surface area (Å²) in [5.74, 6) is 0.323. The van der Waals surface area contributed by atoms with E-state index in [4.69, 9.17) is 4.74 Å². The lowest BCUT2D eigenvalue weighted by atomic mass is 10.1. The Hall–Kier alpha value is -2.82. The minimum absolute atomic E-state index is 0.0287. The molecule has 0 bridgehead atoms. The number of benzene rings is 2. The lowest BCUT2D eigenvalue weighted by Gasteiger charge is -2.19. The number of anilines is 1. The van der Waals surface area contributed by atoms with Crippen molar-refractivity contribution in [1.29, 1.82) is 0 Å². The highest BCUT2D eigenvalue weighted by molar-refractivity contribution is 6.06. The number of methoxy groups -OCH3 is 1. The van der Waals surface area contributed by atoms with Gasteiger partial charge in [-0.25, -0.2) is 0 Å². The Morgan fingerprint density at radius 2 is 1.88 bits per heavy atom. The van der Waals surface area contributed by atoms with Crippen LogP contribution in [-0.4, -0.2) is 30.4 Å². The van der Waals surface area contributed by atoms with Crippen LogP contribution >= 0.6 is 0 Å². The predicted molar refractivity (Wildman–Crippen MR) is 94.2 cm³/mol. The molecule has 5 heteroatoms. The summed E-state index contributed by atoms with van der Waals surface area (Å²) in [5, 5.41) is 2.87. The number of amides is 2. The van der Waals surface area contributed by atoms with E-state index in [1.54, 1.807) is 30.0 Å². The third-order valence-electron chi connectivity index (χ3n) is 3.74. The maximum Gasteiger partial charge on any atom is 0.259 e. The number of para-hydroxylation sites is 1. The Kier molecular flexibility index (Phi) is 5.95. The number of hydrogen-bond donors (Lipinski definition) is 1. The molecule has 2 rings (SSSR count). The number of ether oxygens (including phenoxy) is 1. The van der Waals surface area contributed by atoms with Crippen LogP contribution in [0.5, 0.6) is 5.75 Å². The second-order valence-corrected chi connectivity index (χ2v) is 5.39. The van der Waals surface area contributed by atoms with Crippen molar-refractivity contribution in [3.8, 4) is 5.75 Å². The molecule has 0 spiro atoms. The molecular formula is C19H22N2O3. The molecule has 5 nitrogen and oxygen atoms in total. The lowest BCUT2D eigenvalue weighted by Crippen LogP contribution is -2.27. The van der Waals surface area contributed by atoms with Crippen molar-refractivity contribution in [1.82, 2.24) is 4.90 Å².